The zero-order chi connectivity index (χ0) is 19.9. The van der Waals surface area contributed by atoms with E-state index in [1.807, 2.05) is 24.3 Å². The average molecular weight is 374 g/mol. The minimum Gasteiger partial charge on any atom is -0.350 e. The summed E-state index contributed by atoms with van der Waals surface area (Å²) in [4.78, 5) is 21.2. The van der Waals surface area contributed by atoms with Crippen molar-refractivity contribution >= 4 is 5.91 Å². The fourth-order valence-electron chi connectivity index (χ4n) is 3.15. The molecule has 1 atom stereocenters. The topological polar surface area (TPSA) is 66.9 Å². The van der Waals surface area contributed by atoms with Crippen LogP contribution in [0.5, 0.6) is 0 Å². The number of pyridine rings is 2. The van der Waals surface area contributed by atoms with Gasteiger partial charge in [-0.05, 0) is 78.4 Å². The molecule has 0 saturated carbocycles. The molecule has 2 heterocycles. The first-order chi connectivity index (χ1) is 13.5. The molecular weight excluding hydrogens is 348 g/mol. The molecule has 1 amide bonds. The molecule has 0 radical (unpaired) electrons. The first-order valence-corrected chi connectivity index (χ1v) is 9.41. The lowest BCUT2D eigenvalue weighted by Crippen LogP contribution is -2.37. The molecule has 1 aromatic carbocycles. The maximum atomic E-state index is 13.1. The molecule has 3 aromatic rings. The lowest BCUT2D eigenvalue weighted by atomic mass is 9.95. The van der Waals surface area contributed by atoms with Crippen LogP contribution in [-0.2, 0) is 17.9 Å². The van der Waals surface area contributed by atoms with E-state index in [9.17, 15) is 4.79 Å². The lowest BCUT2D eigenvalue weighted by molar-refractivity contribution is -0.123. The van der Waals surface area contributed by atoms with E-state index in [4.69, 9.17) is 0 Å². The molecule has 0 bridgehead atoms. The van der Waals surface area contributed by atoms with Crippen LogP contribution in [0.25, 0.3) is 0 Å². The Labute approximate surface area is 166 Å². The van der Waals surface area contributed by atoms with Crippen LogP contribution in [0.4, 0.5) is 0 Å². The predicted octanol–water partition coefficient (Wildman–Crippen LogP) is 3.55. The van der Waals surface area contributed by atoms with Crippen molar-refractivity contribution in [3.8, 4) is 0 Å². The second-order valence-electron chi connectivity index (χ2n) is 7.04. The SMILES string of the molecule is Cc1cc(C)c(C(NCc2ccncc2)C(=O)NCc2ccncc2)cc1C. The first-order valence-electron chi connectivity index (χ1n) is 9.41. The van der Waals surface area contributed by atoms with Crippen LogP contribution in [0, 0.1) is 20.8 Å². The Morgan fingerprint density at radius 2 is 1.36 bits per heavy atom. The Kier molecular flexibility index (Phi) is 6.50. The van der Waals surface area contributed by atoms with Crippen molar-refractivity contribution in [1.82, 2.24) is 20.6 Å². The van der Waals surface area contributed by atoms with Crippen LogP contribution >= 0.6 is 0 Å². The van der Waals surface area contributed by atoms with Gasteiger partial charge in [0, 0.05) is 37.9 Å². The molecular formula is C23H26N4O. The van der Waals surface area contributed by atoms with Gasteiger partial charge in [0.1, 0.15) is 6.04 Å². The number of hydrogen-bond donors (Lipinski definition) is 2. The summed E-state index contributed by atoms with van der Waals surface area (Å²) in [5.41, 5.74) is 6.62. The standard InChI is InChI=1S/C23H26N4O/c1-16-12-18(3)21(13-17(16)2)22(26-14-19-4-8-24-9-5-19)23(28)27-15-20-6-10-25-11-7-20/h4-13,22,26H,14-15H2,1-3H3,(H,27,28). The Morgan fingerprint density at radius 3 is 1.96 bits per heavy atom. The predicted molar refractivity (Wildman–Crippen MR) is 111 cm³/mol. The van der Waals surface area contributed by atoms with Gasteiger partial charge in [0.25, 0.3) is 0 Å². The molecule has 0 saturated heterocycles. The number of hydrogen-bond acceptors (Lipinski definition) is 4. The number of rotatable bonds is 7. The summed E-state index contributed by atoms with van der Waals surface area (Å²) in [5.74, 6) is -0.0442. The number of nitrogens with one attached hydrogen (secondary N) is 2. The number of amides is 1. The van der Waals surface area contributed by atoms with E-state index in [0.29, 0.717) is 13.1 Å². The highest BCUT2D eigenvalue weighted by Gasteiger charge is 2.22. The Balaban J connectivity index is 1.81. The van der Waals surface area contributed by atoms with Crippen LogP contribution in [-0.4, -0.2) is 15.9 Å². The number of benzene rings is 1. The number of nitrogens with zero attached hydrogens (tertiary/aromatic N) is 2. The molecule has 0 fully saturated rings. The van der Waals surface area contributed by atoms with Gasteiger partial charge in [0.15, 0.2) is 0 Å². The van der Waals surface area contributed by atoms with E-state index in [1.54, 1.807) is 24.8 Å². The van der Waals surface area contributed by atoms with Crippen molar-refractivity contribution in [3.05, 3.63) is 94.6 Å². The third-order valence-electron chi connectivity index (χ3n) is 4.93. The van der Waals surface area contributed by atoms with Crippen LogP contribution in [0.1, 0.15) is 39.4 Å². The third kappa shape index (κ3) is 5.02. The smallest absolute Gasteiger partial charge is 0.242 e. The number of carbonyl (C=O) groups is 1. The maximum Gasteiger partial charge on any atom is 0.242 e. The minimum absolute atomic E-state index is 0.0442. The molecule has 5 heteroatoms. The number of carbonyl (C=O) groups excluding carboxylic acids is 1. The molecule has 2 N–H and O–H groups in total. The van der Waals surface area contributed by atoms with E-state index in [-0.39, 0.29) is 5.91 Å². The van der Waals surface area contributed by atoms with E-state index in [2.05, 4.69) is 53.5 Å². The number of aryl methyl sites for hydroxylation is 3. The average Bonchev–Trinajstić information content (AvgIpc) is 2.71. The summed E-state index contributed by atoms with van der Waals surface area (Å²) in [5, 5.41) is 6.48. The third-order valence-corrected chi connectivity index (χ3v) is 4.93. The largest absolute Gasteiger partial charge is 0.350 e. The molecule has 0 aliphatic rings. The lowest BCUT2D eigenvalue weighted by Gasteiger charge is -2.22. The van der Waals surface area contributed by atoms with Crippen LogP contribution in [0.2, 0.25) is 0 Å². The highest BCUT2D eigenvalue weighted by atomic mass is 16.2. The molecule has 0 spiro atoms. The van der Waals surface area contributed by atoms with Crippen molar-refractivity contribution in [2.75, 3.05) is 0 Å². The molecule has 28 heavy (non-hydrogen) atoms. The Hall–Kier alpha value is -3.05. The van der Waals surface area contributed by atoms with Gasteiger partial charge in [-0.25, -0.2) is 0 Å². The van der Waals surface area contributed by atoms with Gasteiger partial charge in [0.2, 0.25) is 5.91 Å². The summed E-state index contributed by atoms with van der Waals surface area (Å²) >= 11 is 0. The van der Waals surface area contributed by atoms with Crippen molar-refractivity contribution < 1.29 is 4.79 Å². The van der Waals surface area contributed by atoms with Crippen molar-refractivity contribution in [2.24, 2.45) is 0 Å². The Bertz CT molecular complexity index is 926. The van der Waals surface area contributed by atoms with Gasteiger partial charge in [-0.2, -0.15) is 0 Å². The van der Waals surface area contributed by atoms with Crippen molar-refractivity contribution in [2.45, 2.75) is 39.9 Å². The van der Waals surface area contributed by atoms with Crippen molar-refractivity contribution in [1.29, 1.82) is 0 Å². The van der Waals surface area contributed by atoms with Gasteiger partial charge in [-0.1, -0.05) is 12.1 Å². The summed E-state index contributed by atoms with van der Waals surface area (Å²) in [6.45, 7) is 7.28. The summed E-state index contributed by atoms with van der Waals surface area (Å²) in [6, 6.07) is 11.5. The van der Waals surface area contributed by atoms with E-state index in [0.717, 1.165) is 22.3 Å². The van der Waals surface area contributed by atoms with Gasteiger partial charge in [-0.3, -0.25) is 20.1 Å². The fraction of sp³-hybridized carbons (Fsp3) is 0.261. The molecule has 3 rings (SSSR count). The monoisotopic (exact) mass is 374 g/mol. The zero-order valence-corrected chi connectivity index (χ0v) is 16.6. The maximum absolute atomic E-state index is 13.1. The van der Waals surface area contributed by atoms with E-state index >= 15 is 0 Å². The summed E-state index contributed by atoms with van der Waals surface area (Å²) < 4.78 is 0. The van der Waals surface area contributed by atoms with E-state index < -0.39 is 6.04 Å². The second kappa shape index (κ2) is 9.24. The molecule has 0 aliphatic carbocycles. The zero-order valence-electron chi connectivity index (χ0n) is 16.6. The molecule has 2 aromatic heterocycles. The quantitative estimate of drug-likeness (QED) is 0.664. The second-order valence-corrected chi connectivity index (χ2v) is 7.04. The van der Waals surface area contributed by atoms with Crippen LogP contribution in [0.3, 0.4) is 0 Å². The van der Waals surface area contributed by atoms with Crippen LogP contribution in [0.15, 0.2) is 61.2 Å². The van der Waals surface area contributed by atoms with Gasteiger partial charge in [0.05, 0.1) is 0 Å². The van der Waals surface area contributed by atoms with E-state index in [1.165, 1.54) is 11.1 Å². The minimum atomic E-state index is -0.436. The Morgan fingerprint density at radius 1 is 0.821 bits per heavy atom. The first kappa shape index (κ1) is 19.7. The fourth-order valence-corrected chi connectivity index (χ4v) is 3.15. The summed E-state index contributed by atoms with van der Waals surface area (Å²) in [7, 11) is 0. The molecule has 5 nitrogen and oxygen atoms in total. The molecule has 0 aliphatic heterocycles. The highest BCUT2D eigenvalue weighted by molar-refractivity contribution is 5.83. The number of aromatic nitrogens is 2. The molecule has 1 unspecified atom stereocenters. The van der Waals surface area contributed by atoms with Gasteiger partial charge >= 0.3 is 0 Å². The molecule has 144 valence electrons. The summed E-state index contributed by atoms with van der Waals surface area (Å²) in [6.07, 6.45) is 6.98. The van der Waals surface area contributed by atoms with Crippen LogP contribution < -0.4 is 10.6 Å². The highest BCUT2D eigenvalue weighted by Crippen LogP contribution is 2.23. The van der Waals surface area contributed by atoms with Gasteiger partial charge in [-0.15, -0.1) is 0 Å². The normalized spacial score (nSPS) is 11.8. The van der Waals surface area contributed by atoms with Crippen molar-refractivity contribution in [3.63, 3.8) is 0 Å². The van der Waals surface area contributed by atoms with Gasteiger partial charge < -0.3 is 5.32 Å².